The van der Waals surface area contributed by atoms with Crippen molar-refractivity contribution >= 4 is 12.0 Å². The minimum Gasteiger partial charge on any atom is -0.445 e. The Morgan fingerprint density at radius 2 is 1.88 bits per heavy atom. The van der Waals surface area contributed by atoms with E-state index in [1.54, 1.807) is 0 Å². The van der Waals surface area contributed by atoms with E-state index in [-0.39, 0.29) is 25.0 Å². The summed E-state index contributed by atoms with van der Waals surface area (Å²) in [6.45, 7) is 10.9. The number of rotatable bonds is 15. The predicted molar refractivity (Wildman–Crippen MR) is 172 cm³/mol. The number of ether oxygens (including phenoxy) is 1. The summed E-state index contributed by atoms with van der Waals surface area (Å²) in [6.07, 6.45) is 11.4. The molecule has 238 valence electrons. The quantitative estimate of drug-likeness (QED) is 0.153. The third-order valence-electron chi connectivity index (χ3n) is 8.46. The number of nitrogens with zero attached hydrogens (tertiary/aromatic N) is 1. The third-order valence-corrected chi connectivity index (χ3v) is 8.46. The summed E-state index contributed by atoms with van der Waals surface area (Å²) in [5.74, 6) is -0.351. The maximum atomic E-state index is 13.7. The molecule has 0 spiro atoms. The van der Waals surface area contributed by atoms with Gasteiger partial charge in [-0.3, -0.25) is 9.69 Å². The first kappa shape index (κ1) is 34.5. The van der Waals surface area contributed by atoms with E-state index in [4.69, 9.17) is 4.74 Å². The molecule has 0 bridgehead atoms. The molecule has 2 aliphatic heterocycles. The lowest BCUT2D eigenvalue weighted by atomic mass is 9.97. The molecule has 2 heterocycles. The number of nitrogens with one attached hydrogen (secondary N) is 4. The molecule has 0 aliphatic carbocycles. The van der Waals surface area contributed by atoms with Crippen molar-refractivity contribution < 1.29 is 19.4 Å². The molecule has 0 aromatic heterocycles. The van der Waals surface area contributed by atoms with Crippen molar-refractivity contribution in [2.24, 2.45) is 0 Å². The first-order valence-electron chi connectivity index (χ1n) is 15.9. The Labute approximate surface area is 258 Å². The highest BCUT2D eigenvalue weighted by molar-refractivity contribution is 5.86. The van der Waals surface area contributed by atoms with E-state index >= 15 is 0 Å². The highest BCUT2D eigenvalue weighted by Crippen LogP contribution is 2.33. The summed E-state index contributed by atoms with van der Waals surface area (Å²) in [6, 6.07) is 8.59. The molecule has 9 heteroatoms. The van der Waals surface area contributed by atoms with Gasteiger partial charge in [0.15, 0.2) is 0 Å². The van der Waals surface area contributed by atoms with E-state index in [1.807, 2.05) is 69.5 Å². The van der Waals surface area contributed by atoms with E-state index in [0.29, 0.717) is 18.0 Å². The Kier molecular flexibility index (Phi) is 15.0. The van der Waals surface area contributed by atoms with Gasteiger partial charge < -0.3 is 31.1 Å². The number of aliphatic hydroxyl groups is 1. The summed E-state index contributed by atoms with van der Waals surface area (Å²) in [7, 11) is 1.96. The molecule has 2 amide bonds. The van der Waals surface area contributed by atoms with Crippen molar-refractivity contribution in [3.63, 3.8) is 0 Å². The molecular weight excluding hydrogens is 542 g/mol. The van der Waals surface area contributed by atoms with Crippen LogP contribution < -0.4 is 21.3 Å². The molecule has 1 aromatic rings. The molecule has 5 atom stereocenters. The Balaban J connectivity index is 1.68. The number of amides is 2. The fourth-order valence-electron chi connectivity index (χ4n) is 5.90. The molecule has 1 aromatic carbocycles. The van der Waals surface area contributed by atoms with Crippen LogP contribution in [0.3, 0.4) is 0 Å². The van der Waals surface area contributed by atoms with Gasteiger partial charge in [0.25, 0.3) is 0 Å². The Hall–Kier alpha value is -2.98. The highest BCUT2D eigenvalue weighted by Gasteiger charge is 2.41. The average Bonchev–Trinajstić information content (AvgIpc) is 3.40. The van der Waals surface area contributed by atoms with Crippen LogP contribution in [-0.2, 0) is 16.1 Å². The largest absolute Gasteiger partial charge is 0.445 e. The van der Waals surface area contributed by atoms with Crippen LogP contribution in [0.1, 0.15) is 70.8 Å². The molecule has 5 N–H and O–H groups in total. The monoisotopic (exact) mass is 595 g/mol. The normalized spacial score (nSPS) is 23.7. The van der Waals surface area contributed by atoms with Crippen molar-refractivity contribution in [2.45, 2.75) is 102 Å². The smallest absolute Gasteiger partial charge is 0.408 e. The summed E-state index contributed by atoms with van der Waals surface area (Å²) in [4.78, 5) is 28.8. The molecule has 3 rings (SSSR count). The second-order valence-corrected chi connectivity index (χ2v) is 11.8. The molecule has 2 aliphatic rings. The highest BCUT2D eigenvalue weighted by atomic mass is 16.5. The fourth-order valence-corrected chi connectivity index (χ4v) is 5.90. The molecule has 2 saturated heterocycles. The summed E-state index contributed by atoms with van der Waals surface area (Å²) in [5, 5.41) is 24.3. The van der Waals surface area contributed by atoms with Crippen LogP contribution in [0.5, 0.6) is 0 Å². The number of benzene rings is 1. The number of hydrogen-bond donors (Lipinski definition) is 5. The zero-order valence-corrected chi connectivity index (χ0v) is 26.3. The van der Waals surface area contributed by atoms with Crippen LogP contribution in [0.15, 0.2) is 66.3 Å². The topological polar surface area (TPSA) is 115 Å². The van der Waals surface area contributed by atoms with Gasteiger partial charge in [0.2, 0.25) is 5.91 Å². The molecular formula is C34H53N5O4. The first-order valence-corrected chi connectivity index (χ1v) is 15.9. The average molecular weight is 596 g/mol. The number of alkyl carbamates (subject to hydrolysis) is 1. The van der Waals surface area contributed by atoms with Gasteiger partial charge >= 0.3 is 6.09 Å². The third kappa shape index (κ3) is 11.6. The number of carbonyl (C=O) groups is 2. The number of aliphatic hydroxyl groups excluding tert-OH is 1. The van der Waals surface area contributed by atoms with Gasteiger partial charge in [-0.1, -0.05) is 79.1 Å². The molecule has 2 fully saturated rings. The lowest BCUT2D eigenvalue weighted by Crippen LogP contribution is -2.60. The molecule has 9 nitrogen and oxygen atoms in total. The van der Waals surface area contributed by atoms with Crippen LogP contribution in [0.2, 0.25) is 0 Å². The molecule has 0 saturated carbocycles. The van der Waals surface area contributed by atoms with Gasteiger partial charge in [0.1, 0.15) is 18.9 Å². The van der Waals surface area contributed by atoms with Crippen molar-refractivity contribution in [3.8, 4) is 0 Å². The number of carbonyl (C=O) groups excluding carboxylic acids is 2. The van der Waals surface area contributed by atoms with Crippen molar-refractivity contribution in [3.05, 3.63) is 71.8 Å². The van der Waals surface area contributed by atoms with Gasteiger partial charge in [-0.25, -0.2) is 4.79 Å². The maximum Gasteiger partial charge on any atom is 0.408 e. The molecule has 0 radical (unpaired) electrons. The first-order chi connectivity index (χ1) is 20.8. The van der Waals surface area contributed by atoms with Gasteiger partial charge in [-0.2, -0.15) is 0 Å². The van der Waals surface area contributed by atoms with Gasteiger partial charge in [-0.05, 0) is 71.7 Å². The van der Waals surface area contributed by atoms with Crippen LogP contribution in [0.25, 0.3) is 0 Å². The van der Waals surface area contributed by atoms with Crippen LogP contribution in [0, 0.1) is 0 Å². The van der Waals surface area contributed by atoms with Crippen molar-refractivity contribution in [2.75, 3.05) is 26.7 Å². The second-order valence-electron chi connectivity index (χ2n) is 11.8. The van der Waals surface area contributed by atoms with E-state index in [9.17, 15) is 14.7 Å². The van der Waals surface area contributed by atoms with Gasteiger partial charge in [0.05, 0.1) is 6.04 Å². The predicted octanol–water partition coefficient (Wildman–Crippen LogP) is 4.16. The van der Waals surface area contributed by atoms with E-state index in [1.165, 1.54) is 0 Å². The fraction of sp³-hybridized carbons (Fsp3) is 0.588. The number of hydrogen-bond acceptors (Lipinski definition) is 7. The van der Waals surface area contributed by atoms with Crippen LogP contribution in [0.4, 0.5) is 4.79 Å². The lowest BCUT2D eigenvalue weighted by Gasteiger charge is -2.41. The van der Waals surface area contributed by atoms with Crippen LogP contribution in [-0.4, -0.2) is 79.1 Å². The number of allylic oxidation sites excluding steroid dienone is 4. The second kappa shape index (κ2) is 18.6. The zero-order valence-electron chi connectivity index (χ0n) is 26.3. The Morgan fingerprint density at radius 1 is 1.12 bits per heavy atom. The SMILES string of the molecule is C=C(C=CC(C)=CC)CC(NC(=O)OCc1ccccc1)C(=O)NC1CCCCC2CCC(CNCCCNC)N2C1O. The molecule has 43 heavy (non-hydrogen) atoms. The molecule has 5 unspecified atom stereocenters. The Morgan fingerprint density at radius 3 is 2.63 bits per heavy atom. The maximum absolute atomic E-state index is 13.7. The van der Waals surface area contributed by atoms with Crippen LogP contribution >= 0.6 is 0 Å². The van der Waals surface area contributed by atoms with Gasteiger partial charge in [-0.15, -0.1) is 0 Å². The minimum atomic E-state index is -0.900. The summed E-state index contributed by atoms with van der Waals surface area (Å²) >= 11 is 0. The zero-order chi connectivity index (χ0) is 31.0. The van der Waals surface area contributed by atoms with E-state index in [2.05, 4.69) is 32.7 Å². The number of fused-ring (bicyclic) bond motifs is 1. The standard InChI is InChI=1S/C34H53N5O4/c1-5-25(2)16-17-26(3)22-31(38-34(42)43-24-27-12-7-6-8-13-27)32(40)37-30-15-10-9-14-28-18-19-29(39(28)33(30)41)23-36-21-11-20-35-4/h5-8,12-13,16-17,28-31,33,35-36,41H,3,9-11,14-15,18-24H2,1-2,4H3,(H,37,40)(H,38,42). The summed E-state index contributed by atoms with van der Waals surface area (Å²) < 4.78 is 5.43. The Bertz CT molecular complexity index is 1080. The van der Waals surface area contributed by atoms with E-state index in [0.717, 1.165) is 69.3 Å². The van der Waals surface area contributed by atoms with E-state index < -0.39 is 24.4 Å². The lowest BCUT2D eigenvalue weighted by molar-refractivity contribution is -0.127. The van der Waals surface area contributed by atoms with Crippen molar-refractivity contribution in [1.29, 1.82) is 0 Å². The summed E-state index contributed by atoms with van der Waals surface area (Å²) in [5.41, 5.74) is 2.63. The van der Waals surface area contributed by atoms with Crippen molar-refractivity contribution in [1.82, 2.24) is 26.2 Å². The van der Waals surface area contributed by atoms with Gasteiger partial charge in [0, 0.05) is 25.0 Å². The minimum absolute atomic E-state index is 0.102.